The molecule has 0 saturated heterocycles. The molecule has 0 amide bonds. The summed E-state index contributed by atoms with van der Waals surface area (Å²) in [5.41, 5.74) is 7.07. The molecule has 1 aliphatic heterocycles. The Morgan fingerprint density at radius 3 is 2.77 bits per heavy atom. The van der Waals surface area contributed by atoms with Crippen LogP contribution in [-0.2, 0) is 13.6 Å². The Morgan fingerprint density at radius 1 is 1.00 bits per heavy atom. The number of hydrogen-bond acceptors (Lipinski definition) is 2. The number of benzene rings is 1. The van der Waals surface area contributed by atoms with E-state index in [0.29, 0.717) is 0 Å². The topological polar surface area (TPSA) is 39.5 Å². The molecule has 124 valence electrons. The highest BCUT2D eigenvalue weighted by Gasteiger charge is 2.36. The van der Waals surface area contributed by atoms with Crippen molar-refractivity contribution in [1.82, 2.24) is 19.1 Å². The number of aryl methyl sites for hydroxylation is 1. The molecule has 4 aromatic heterocycles. The molecule has 5 nitrogen and oxygen atoms in total. The van der Waals surface area contributed by atoms with E-state index in [9.17, 15) is 0 Å². The van der Waals surface area contributed by atoms with Gasteiger partial charge in [-0.1, -0.05) is 18.2 Å². The Balaban J connectivity index is 1.83. The van der Waals surface area contributed by atoms with Crippen LogP contribution in [0.2, 0.25) is 0 Å². The van der Waals surface area contributed by atoms with Gasteiger partial charge in [0.05, 0.1) is 23.7 Å². The van der Waals surface area contributed by atoms with Gasteiger partial charge in [-0.05, 0) is 30.3 Å². The second kappa shape index (κ2) is 4.79. The van der Waals surface area contributed by atoms with Crippen molar-refractivity contribution in [2.24, 2.45) is 7.05 Å². The Kier molecular flexibility index (Phi) is 2.54. The maximum Gasteiger partial charge on any atom is 0.275 e. The fourth-order valence-corrected chi connectivity index (χ4v) is 4.30. The Morgan fingerprint density at radius 2 is 1.88 bits per heavy atom. The highest BCUT2D eigenvalue weighted by Crippen LogP contribution is 2.35. The predicted molar refractivity (Wildman–Crippen MR) is 100 cm³/mol. The molecular weight excluding hydrogens is 322 g/mol. The van der Waals surface area contributed by atoms with Crippen LogP contribution in [0.1, 0.15) is 5.69 Å². The van der Waals surface area contributed by atoms with Crippen LogP contribution in [0.25, 0.3) is 39.1 Å². The van der Waals surface area contributed by atoms with Crippen molar-refractivity contribution in [3.63, 3.8) is 0 Å². The zero-order chi connectivity index (χ0) is 17.3. The van der Waals surface area contributed by atoms with Gasteiger partial charge in [0.25, 0.3) is 5.65 Å². The van der Waals surface area contributed by atoms with Crippen molar-refractivity contribution in [2.45, 2.75) is 6.54 Å². The highest BCUT2D eigenvalue weighted by atomic mass is 15.3. The van der Waals surface area contributed by atoms with Crippen molar-refractivity contribution in [1.29, 1.82) is 0 Å². The number of rotatable bonds is 1. The molecule has 0 saturated carbocycles. The van der Waals surface area contributed by atoms with Gasteiger partial charge < -0.3 is 0 Å². The lowest BCUT2D eigenvalue weighted by Crippen LogP contribution is -2.33. The van der Waals surface area contributed by atoms with E-state index in [1.807, 2.05) is 24.7 Å². The molecule has 0 spiro atoms. The fourth-order valence-electron chi connectivity index (χ4n) is 4.30. The third kappa shape index (κ3) is 1.57. The normalized spacial score (nSPS) is 12.7. The second-order valence-electron chi connectivity index (χ2n) is 6.70. The largest absolute Gasteiger partial charge is 0.275 e. The van der Waals surface area contributed by atoms with Gasteiger partial charge in [-0.15, -0.1) is 0 Å². The Bertz CT molecular complexity index is 1310. The molecule has 0 fully saturated rings. The molecule has 0 bridgehead atoms. The molecule has 5 heterocycles. The summed E-state index contributed by atoms with van der Waals surface area (Å²) in [6.45, 7) is 0.791. The standard InChI is InChI=1S/C21H16N5/c1-24-19-16-12-22-11-9-18(16)26(14-6-3-2-4-7-14)21(19)25-13-17-15(20(24)25)8-5-10-23-17/h2-12H,13H2,1H3/q+1. The average molecular weight is 338 g/mol. The smallest absolute Gasteiger partial charge is 0.264 e. The molecule has 0 N–H and O–H groups in total. The van der Waals surface area contributed by atoms with E-state index in [1.54, 1.807) is 0 Å². The second-order valence-corrected chi connectivity index (χ2v) is 6.70. The van der Waals surface area contributed by atoms with Crippen LogP contribution >= 0.6 is 0 Å². The number of nitrogens with zero attached hydrogens (tertiary/aromatic N) is 5. The number of aromatic nitrogens is 5. The van der Waals surface area contributed by atoms with Crippen LogP contribution in [0.4, 0.5) is 0 Å². The zero-order valence-corrected chi connectivity index (χ0v) is 14.3. The van der Waals surface area contributed by atoms with Gasteiger partial charge in [-0.2, -0.15) is 0 Å². The molecule has 0 atom stereocenters. The number of fused-ring (bicyclic) bond motifs is 7. The third-order valence-corrected chi connectivity index (χ3v) is 5.34. The van der Waals surface area contributed by atoms with Gasteiger partial charge in [0, 0.05) is 18.6 Å². The third-order valence-electron chi connectivity index (χ3n) is 5.34. The van der Waals surface area contributed by atoms with Crippen molar-refractivity contribution < 1.29 is 4.57 Å². The first kappa shape index (κ1) is 13.8. The van der Waals surface area contributed by atoms with Crippen molar-refractivity contribution >= 4 is 22.1 Å². The zero-order valence-electron chi connectivity index (χ0n) is 14.3. The van der Waals surface area contributed by atoms with Crippen LogP contribution in [-0.4, -0.2) is 19.1 Å². The lowest BCUT2D eigenvalue weighted by molar-refractivity contribution is -0.648. The highest BCUT2D eigenvalue weighted by molar-refractivity contribution is 6.05. The molecule has 5 heteroatoms. The predicted octanol–water partition coefficient (Wildman–Crippen LogP) is 3.23. The molecule has 26 heavy (non-hydrogen) atoms. The summed E-state index contributed by atoms with van der Waals surface area (Å²) in [5, 5.41) is 1.17. The first-order valence-corrected chi connectivity index (χ1v) is 8.71. The van der Waals surface area contributed by atoms with Crippen LogP contribution in [0, 0.1) is 0 Å². The lowest BCUT2D eigenvalue weighted by atomic mass is 10.2. The van der Waals surface area contributed by atoms with E-state index in [-0.39, 0.29) is 0 Å². The summed E-state index contributed by atoms with van der Waals surface area (Å²) < 4.78 is 6.99. The van der Waals surface area contributed by atoms with E-state index >= 15 is 0 Å². The van der Waals surface area contributed by atoms with Gasteiger partial charge in [-0.25, -0.2) is 9.13 Å². The van der Waals surface area contributed by atoms with Gasteiger partial charge >= 0.3 is 0 Å². The molecule has 0 radical (unpaired) electrons. The number of pyridine rings is 2. The molecular formula is C21H16N5+. The van der Waals surface area contributed by atoms with Crippen molar-refractivity contribution in [3.05, 3.63) is 72.8 Å². The maximum absolute atomic E-state index is 4.59. The number of imidazole rings is 1. The van der Waals surface area contributed by atoms with E-state index in [4.69, 9.17) is 0 Å². The molecule has 6 rings (SSSR count). The van der Waals surface area contributed by atoms with Crippen molar-refractivity contribution in [3.8, 4) is 17.1 Å². The van der Waals surface area contributed by atoms with Gasteiger partial charge in [0.2, 0.25) is 5.82 Å². The minimum Gasteiger partial charge on any atom is -0.264 e. The minimum absolute atomic E-state index is 0.791. The van der Waals surface area contributed by atoms with Gasteiger partial charge in [0.15, 0.2) is 5.52 Å². The summed E-state index contributed by atoms with van der Waals surface area (Å²) in [7, 11) is 2.14. The van der Waals surface area contributed by atoms with E-state index < -0.39 is 0 Å². The van der Waals surface area contributed by atoms with Crippen LogP contribution < -0.4 is 4.57 Å². The summed E-state index contributed by atoms with van der Waals surface area (Å²) >= 11 is 0. The van der Waals surface area contributed by atoms with E-state index in [2.05, 4.69) is 73.2 Å². The summed E-state index contributed by atoms with van der Waals surface area (Å²) in [6, 6.07) is 16.8. The molecule has 1 aliphatic rings. The molecule has 5 aromatic rings. The van der Waals surface area contributed by atoms with Gasteiger partial charge in [0.1, 0.15) is 17.7 Å². The summed E-state index contributed by atoms with van der Waals surface area (Å²) in [5.74, 6) is 1.20. The SMILES string of the molecule is Cn1c2[n+](c3c1c1cnccc1n3-c1ccccc1)Cc1ncccc1-2. The van der Waals surface area contributed by atoms with Crippen LogP contribution in [0.3, 0.4) is 0 Å². The summed E-state index contributed by atoms with van der Waals surface area (Å²) in [6.07, 6.45) is 5.71. The van der Waals surface area contributed by atoms with Crippen LogP contribution in [0.5, 0.6) is 0 Å². The monoisotopic (exact) mass is 338 g/mol. The number of hydrogen-bond donors (Lipinski definition) is 0. The summed E-state index contributed by atoms with van der Waals surface area (Å²) in [4.78, 5) is 8.98. The minimum atomic E-state index is 0.791. The maximum atomic E-state index is 4.59. The number of para-hydroxylation sites is 1. The molecule has 1 aromatic carbocycles. The van der Waals surface area contributed by atoms with Crippen molar-refractivity contribution in [2.75, 3.05) is 0 Å². The van der Waals surface area contributed by atoms with Crippen LogP contribution in [0.15, 0.2) is 67.1 Å². The average Bonchev–Trinajstić information content (AvgIpc) is 3.31. The van der Waals surface area contributed by atoms with E-state index in [0.717, 1.165) is 17.9 Å². The first-order valence-electron chi connectivity index (χ1n) is 8.71. The quantitative estimate of drug-likeness (QED) is 0.432. The van der Waals surface area contributed by atoms with E-state index in [1.165, 1.54) is 33.5 Å². The first-order chi connectivity index (χ1) is 12.8. The lowest BCUT2D eigenvalue weighted by Gasteiger charge is -2.03. The Hall–Kier alpha value is -3.47. The van der Waals surface area contributed by atoms with Gasteiger partial charge in [-0.3, -0.25) is 14.5 Å². The fraction of sp³-hybridized carbons (Fsp3) is 0.0952. The molecule has 0 unspecified atom stereocenters. The Labute approximate surface area is 149 Å². The molecule has 0 aliphatic carbocycles.